The van der Waals surface area contributed by atoms with E-state index in [0.29, 0.717) is 17.6 Å². The van der Waals surface area contributed by atoms with Gasteiger partial charge in [-0.05, 0) is 5.92 Å². The number of thiocarbonyl (C=S) groups is 1. The Labute approximate surface area is 78.7 Å². The average molecular weight is 188 g/mol. The lowest BCUT2D eigenvalue weighted by Crippen LogP contribution is -2.33. The third-order valence-corrected chi connectivity index (χ3v) is 2.94. The van der Waals surface area contributed by atoms with Crippen LogP contribution in [0.25, 0.3) is 0 Å². The van der Waals surface area contributed by atoms with Gasteiger partial charge in [0.15, 0.2) is 0 Å². The van der Waals surface area contributed by atoms with Crippen molar-refractivity contribution in [3.8, 4) is 0 Å². The van der Waals surface area contributed by atoms with Crippen LogP contribution < -0.4 is 11.1 Å². The Morgan fingerprint density at radius 2 is 2.33 bits per heavy atom. The molecule has 1 rings (SSSR count). The van der Waals surface area contributed by atoms with E-state index in [1.807, 2.05) is 0 Å². The van der Waals surface area contributed by atoms with Crippen molar-refractivity contribution in [3.63, 3.8) is 0 Å². The molecule has 3 unspecified atom stereocenters. The van der Waals surface area contributed by atoms with Crippen molar-refractivity contribution in [2.45, 2.75) is 20.0 Å². The van der Waals surface area contributed by atoms with E-state index < -0.39 is 0 Å². The van der Waals surface area contributed by atoms with Gasteiger partial charge in [-0.3, -0.25) is 5.32 Å². The van der Waals surface area contributed by atoms with E-state index >= 15 is 0 Å². The number of rotatable bonds is 3. The highest BCUT2D eigenvalue weighted by molar-refractivity contribution is 7.80. The van der Waals surface area contributed by atoms with Crippen molar-refractivity contribution in [3.05, 3.63) is 0 Å². The standard InChI is InChI=1S/C8H16N2OS/c1-5(6(2)8(9)12)7-3-10-4-11-7/h5-7,10H,3-4H2,1-2H3,(H2,9,12). The molecule has 0 aromatic rings. The molecule has 0 aromatic heterocycles. The van der Waals surface area contributed by atoms with E-state index in [1.54, 1.807) is 0 Å². The Morgan fingerprint density at radius 3 is 2.75 bits per heavy atom. The summed E-state index contributed by atoms with van der Waals surface area (Å²) >= 11 is 4.93. The summed E-state index contributed by atoms with van der Waals surface area (Å²) < 4.78 is 5.46. The zero-order valence-corrected chi connectivity index (χ0v) is 8.36. The van der Waals surface area contributed by atoms with Crippen molar-refractivity contribution >= 4 is 17.2 Å². The first-order valence-corrected chi connectivity index (χ1v) is 4.65. The van der Waals surface area contributed by atoms with Gasteiger partial charge in [0, 0.05) is 12.5 Å². The SMILES string of the molecule is CC(C(N)=S)C(C)C1CNCO1. The Hall–Kier alpha value is -0.190. The smallest absolute Gasteiger partial charge is 0.0970 e. The fourth-order valence-corrected chi connectivity index (χ4v) is 1.56. The molecule has 1 aliphatic heterocycles. The predicted octanol–water partition coefficient (Wildman–Crippen LogP) is 0.491. The molecule has 1 heterocycles. The highest BCUT2D eigenvalue weighted by Crippen LogP contribution is 2.19. The topological polar surface area (TPSA) is 47.3 Å². The molecule has 0 spiro atoms. The molecule has 0 radical (unpaired) electrons. The van der Waals surface area contributed by atoms with Crippen LogP contribution in [0.1, 0.15) is 13.8 Å². The van der Waals surface area contributed by atoms with Crippen LogP contribution in [0.4, 0.5) is 0 Å². The van der Waals surface area contributed by atoms with E-state index in [1.165, 1.54) is 0 Å². The fraction of sp³-hybridized carbons (Fsp3) is 0.875. The summed E-state index contributed by atoms with van der Waals surface area (Å²) in [7, 11) is 0. The Kier molecular flexibility index (Phi) is 3.43. The molecular weight excluding hydrogens is 172 g/mol. The first-order chi connectivity index (χ1) is 5.63. The maximum absolute atomic E-state index is 5.56. The van der Waals surface area contributed by atoms with Gasteiger partial charge < -0.3 is 10.5 Å². The Morgan fingerprint density at radius 1 is 1.67 bits per heavy atom. The minimum absolute atomic E-state index is 0.255. The lowest BCUT2D eigenvalue weighted by atomic mass is 9.91. The number of hydrogen-bond donors (Lipinski definition) is 2. The molecule has 1 fully saturated rings. The normalized spacial score (nSPS) is 28.3. The molecule has 12 heavy (non-hydrogen) atoms. The van der Waals surface area contributed by atoms with E-state index in [4.69, 9.17) is 22.7 Å². The van der Waals surface area contributed by atoms with Gasteiger partial charge in [0.25, 0.3) is 0 Å². The fourth-order valence-electron chi connectivity index (χ4n) is 1.34. The van der Waals surface area contributed by atoms with Crippen LogP contribution in [0.3, 0.4) is 0 Å². The molecule has 0 bridgehead atoms. The number of hydrogen-bond acceptors (Lipinski definition) is 3. The molecular formula is C8H16N2OS. The van der Waals surface area contributed by atoms with Gasteiger partial charge >= 0.3 is 0 Å². The predicted molar refractivity (Wildman–Crippen MR) is 52.9 cm³/mol. The largest absolute Gasteiger partial charge is 0.393 e. The van der Waals surface area contributed by atoms with E-state index in [2.05, 4.69) is 19.2 Å². The van der Waals surface area contributed by atoms with E-state index in [9.17, 15) is 0 Å². The third-order valence-electron chi connectivity index (χ3n) is 2.57. The summed E-state index contributed by atoms with van der Waals surface area (Å²) in [4.78, 5) is 0.581. The van der Waals surface area contributed by atoms with Gasteiger partial charge in [-0.2, -0.15) is 0 Å². The van der Waals surface area contributed by atoms with Crippen molar-refractivity contribution < 1.29 is 4.74 Å². The summed E-state index contributed by atoms with van der Waals surface area (Å²) in [6.07, 6.45) is 0.265. The van der Waals surface area contributed by atoms with Crippen LogP contribution in [0.15, 0.2) is 0 Å². The molecule has 70 valence electrons. The van der Waals surface area contributed by atoms with Gasteiger partial charge in [0.1, 0.15) is 0 Å². The maximum atomic E-state index is 5.56. The lowest BCUT2D eigenvalue weighted by Gasteiger charge is -2.23. The minimum Gasteiger partial charge on any atom is -0.393 e. The Bertz CT molecular complexity index is 168. The van der Waals surface area contributed by atoms with Crippen LogP contribution in [0.2, 0.25) is 0 Å². The Balaban J connectivity index is 2.44. The summed E-state index contributed by atoms with van der Waals surface area (Å²) in [5.74, 6) is 0.655. The number of nitrogens with one attached hydrogen (secondary N) is 1. The summed E-state index contributed by atoms with van der Waals surface area (Å²) in [5.41, 5.74) is 5.56. The highest BCUT2D eigenvalue weighted by Gasteiger charge is 2.27. The molecule has 0 aliphatic carbocycles. The van der Waals surface area contributed by atoms with Crippen molar-refractivity contribution in [1.29, 1.82) is 0 Å². The molecule has 1 aliphatic rings. The van der Waals surface area contributed by atoms with E-state index in [0.717, 1.165) is 6.54 Å². The first kappa shape index (κ1) is 9.89. The highest BCUT2D eigenvalue weighted by atomic mass is 32.1. The second kappa shape index (κ2) is 4.16. The monoisotopic (exact) mass is 188 g/mol. The summed E-state index contributed by atoms with van der Waals surface area (Å²) in [5, 5.41) is 3.14. The van der Waals surface area contributed by atoms with Crippen LogP contribution >= 0.6 is 12.2 Å². The summed E-state index contributed by atoms with van der Waals surface area (Å²) in [6, 6.07) is 0. The van der Waals surface area contributed by atoms with Gasteiger partial charge in [-0.1, -0.05) is 26.1 Å². The van der Waals surface area contributed by atoms with Crippen molar-refractivity contribution in [2.75, 3.05) is 13.3 Å². The molecule has 3 nitrogen and oxygen atoms in total. The van der Waals surface area contributed by atoms with E-state index in [-0.39, 0.29) is 12.0 Å². The van der Waals surface area contributed by atoms with Crippen molar-refractivity contribution in [1.82, 2.24) is 5.32 Å². The molecule has 1 saturated heterocycles. The van der Waals surface area contributed by atoms with Gasteiger partial charge in [-0.15, -0.1) is 0 Å². The molecule has 0 amide bonds. The lowest BCUT2D eigenvalue weighted by molar-refractivity contribution is 0.0640. The average Bonchev–Trinajstić information content (AvgIpc) is 2.53. The van der Waals surface area contributed by atoms with Crippen LogP contribution in [-0.4, -0.2) is 24.4 Å². The second-order valence-electron chi connectivity index (χ2n) is 3.35. The summed E-state index contributed by atoms with van der Waals surface area (Å²) in [6.45, 7) is 5.74. The third kappa shape index (κ3) is 2.15. The minimum atomic E-state index is 0.255. The zero-order valence-electron chi connectivity index (χ0n) is 7.54. The number of nitrogens with two attached hydrogens (primary N) is 1. The molecule has 3 N–H and O–H groups in total. The molecule has 0 saturated carbocycles. The second-order valence-corrected chi connectivity index (χ2v) is 3.83. The molecule has 3 atom stereocenters. The quantitative estimate of drug-likeness (QED) is 0.633. The van der Waals surface area contributed by atoms with Gasteiger partial charge in [0.05, 0.1) is 17.8 Å². The zero-order chi connectivity index (χ0) is 9.14. The van der Waals surface area contributed by atoms with Gasteiger partial charge in [-0.25, -0.2) is 0 Å². The van der Waals surface area contributed by atoms with Crippen LogP contribution in [-0.2, 0) is 4.74 Å². The molecule has 4 heteroatoms. The van der Waals surface area contributed by atoms with Crippen LogP contribution in [0, 0.1) is 11.8 Å². The van der Waals surface area contributed by atoms with Crippen molar-refractivity contribution in [2.24, 2.45) is 17.6 Å². The molecule has 0 aromatic carbocycles. The van der Waals surface area contributed by atoms with Gasteiger partial charge in [0.2, 0.25) is 0 Å². The maximum Gasteiger partial charge on any atom is 0.0970 e. The van der Waals surface area contributed by atoms with Crippen LogP contribution in [0.5, 0.6) is 0 Å². The first-order valence-electron chi connectivity index (χ1n) is 4.24. The number of ether oxygens (including phenoxy) is 1.